The van der Waals surface area contributed by atoms with Crippen molar-refractivity contribution in [2.45, 2.75) is 0 Å². The van der Waals surface area contributed by atoms with E-state index in [9.17, 15) is 21.0 Å². The van der Waals surface area contributed by atoms with Crippen LogP contribution in [0.3, 0.4) is 0 Å². The number of nitriles is 4. The zero-order valence-corrected chi connectivity index (χ0v) is 26.4. The van der Waals surface area contributed by atoms with Gasteiger partial charge < -0.3 is 0 Å². The monoisotopic (exact) mass is 618 g/mol. The summed E-state index contributed by atoms with van der Waals surface area (Å²) < 4.78 is 3.60. The molecule has 1 aliphatic rings. The van der Waals surface area contributed by atoms with E-state index in [1.807, 2.05) is 17.8 Å². The minimum atomic E-state index is -1.06. The summed E-state index contributed by atoms with van der Waals surface area (Å²) in [5.41, 5.74) is 4.48. The maximum atomic E-state index is 10.3. The first kappa shape index (κ1) is 30.8. The summed E-state index contributed by atoms with van der Waals surface area (Å²) in [7, 11) is 1.79. The van der Waals surface area contributed by atoms with Gasteiger partial charge in [0.25, 0.3) is 0 Å². The average molecular weight is 618 g/mol. The Balaban J connectivity index is 2.64. The van der Waals surface area contributed by atoms with Crippen LogP contribution in [0.5, 0.6) is 0 Å². The van der Waals surface area contributed by atoms with Crippen LogP contribution >= 0.6 is 31.5 Å². The average Bonchev–Trinajstić information content (AvgIpc) is 3.49. The fourth-order valence-electron chi connectivity index (χ4n) is 4.86. The second-order valence-electron chi connectivity index (χ2n) is 9.00. The molecule has 0 spiro atoms. The van der Waals surface area contributed by atoms with Crippen molar-refractivity contribution in [1.82, 2.24) is 18.9 Å². The van der Waals surface area contributed by atoms with Gasteiger partial charge in [0.1, 0.15) is 0 Å². The van der Waals surface area contributed by atoms with E-state index in [0.717, 1.165) is 0 Å². The Hall–Kier alpha value is -4.17. The van der Waals surface area contributed by atoms with E-state index >= 15 is 0 Å². The number of fused-ring (bicyclic) bond motifs is 1. The molecule has 0 fully saturated rings. The van der Waals surface area contributed by atoms with Gasteiger partial charge in [0.2, 0.25) is 0 Å². The molecule has 4 rings (SSSR count). The summed E-state index contributed by atoms with van der Waals surface area (Å²) in [5.74, 6) is 0. The number of nitrogens with zero attached hydrogens (tertiary/aromatic N) is 10. The second kappa shape index (κ2) is 13.2. The summed E-state index contributed by atoms with van der Waals surface area (Å²) >= 11 is 0. The molecule has 4 heterocycles. The molecule has 3 aromatic rings. The third kappa shape index (κ3) is 5.15. The van der Waals surface area contributed by atoms with Gasteiger partial charge in [0.15, 0.2) is 0 Å². The van der Waals surface area contributed by atoms with E-state index in [1.165, 1.54) is 12.4 Å². The van der Waals surface area contributed by atoms with Crippen LogP contribution in [0, 0.1) is 57.0 Å². The van der Waals surface area contributed by atoms with Gasteiger partial charge in [-0.15, -0.1) is 0 Å². The fourth-order valence-corrected chi connectivity index (χ4v) is 8.40. The molecule has 0 aliphatic carbocycles. The van der Waals surface area contributed by atoms with Crippen LogP contribution in [-0.4, -0.2) is 82.7 Å². The van der Waals surface area contributed by atoms with Crippen molar-refractivity contribution >= 4 is 90.8 Å². The molecule has 2 atom stereocenters. The van der Waals surface area contributed by atoms with E-state index in [4.69, 9.17) is 11.1 Å². The number of rotatable bonds is 6. The normalized spacial score (nSPS) is 12.4. The topological polar surface area (TPSA) is 156 Å². The Morgan fingerprint density at radius 2 is 1.60 bits per heavy atom. The van der Waals surface area contributed by atoms with Crippen molar-refractivity contribution in [3.63, 3.8) is 0 Å². The van der Waals surface area contributed by atoms with Gasteiger partial charge in [-0.05, 0) is 0 Å². The molecule has 0 aromatic carbocycles. The molecule has 0 radical (unpaired) electrons. The van der Waals surface area contributed by atoms with Gasteiger partial charge in [-0.2, -0.15) is 0 Å². The first-order valence-electron chi connectivity index (χ1n) is 12.2. The Morgan fingerprint density at radius 3 is 2.05 bits per heavy atom. The molecule has 0 bridgehead atoms. The quantitative estimate of drug-likeness (QED) is 0.306. The Kier molecular flexibility index (Phi) is 9.68. The number of hydrogen-bond acceptors (Lipinski definition) is 8. The summed E-state index contributed by atoms with van der Waals surface area (Å²) in [6, 6.07) is 8.21. The standard InChI is InChI=1S/C26H19B2N10P4/c1-40-28(42(4)5)38-24(18(12-31)13-32)22-21(26(38)20-15-34-7-9-36-20)23(17(10-29)11-30)37(27(16-39)41(2)3)25(22)19-14-33-6-8-35-19/h1,6,8,14-15H,2,4,7,9H2,3,5H3/q+3/p+1. The molecular formula is C26H20B2N10P4+4. The van der Waals surface area contributed by atoms with Crippen LogP contribution in [0.25, 0.3) is 33.3 Å². The zero-order valence-electron chi connectivity index (χ0n) is 22.7. The first-order valence-corrected chi connectivity index (χ1v) is 17.8. The molecule has 2 unspecified atom stereocenters. The van der Waals surface area contributed by atoms with Crippen molar-refractivity contribution in [1.29, 1.82) is 21.0 Å². The molecule has 0 saturated carbocycles. The van der Waals surface area contributed by atoms with Crippen LogP contribution in [-0.2, 0) is 0 Å². The summed E-state index contributed by atoms with van der Waals surface area (Å²) in [4.78, 5) is 18.0. The third-order valence-electron chi connectivity index (χ3n) is 6.40. The molecule has 42 heavy (non-hydrogen) atoms. The Labute approximate surface area is 248 Å². The Bertz CT molecular complexity index is 2070. The van der Waals surface area contributed by atoms with E-state index in [2.05, 4.69) is 66.1 Å². The zero-order chi connectivity index (χ0) is 30.6. The van der Waals surface area contributed by atoms with Crippen LogP contribution in [0.15, 0.2) is 28.6 Å². The van der Waals surface area contributed by atoms with Gasteiger partial charge >= 0.3 is 249 Å². The van der Waals surface area contributed by atoms with Crippen molar-refractivity contribution in [3.8, 4) is 47.3 Å². The molecule has 16 heteroatoms. The van der Waals surface area contributed by atoms with E-state index < -0.39 is 27.7 Å². The van der Waals surface area contributed by atoms with Gasteiger partial charge in [-0.1, -0.05) is 0 Å². The van der Waals surface area contributed by atoms with Crippen LogP contribution in [0.4, 0.5) is 0 Å². The molecule has 0 amide bonds. The molecule has 0 saturated heterocycles. The number of hydrogen-bond donors (Lipinski definition) is 0. The third-order valence-corrected chi connectivity index (χ3v) is 11.2. The molecule has 196 valence electrons. The van der Waals surface area contributed by atoms with Crippen molar-refractivity contribution in [2.24, 2.45) is 9.98 Å². The fraction of sp³-hybridized carbons (Fsp3) is 0.154. The Morgan fingerprint density at radius 1 is 0.976 bits per heavy atom. The van der Waals surface area contributed by atoms with Gasteiger partial charge in [-0.25, -0.2) is 0 Å². The van der Waals surface area contributed by atoms with Crippen molar-refractivity contribution in [2.75, 3.05) is 26.4 Å². The van der Waals surface area contributed by atoms with Crippen molar-refractivity contribution < 1.29 is 0 Å². The predicted molar refractivity (Wildman–Crippen MR) is 181 cm³/mol. The molecule has 10 nitrogen and oxygen atoms in total. The first-order chi connectivity index (χ1) is 20.3. The van der Waals surface area contributed by atoms with Gasteiger partial charge in [-0.3, -0.25) is 0 Å². The predicted octanol–water partition coefficient (Wildman–Crippen LogP) is 2.60. The maximum absolute atomic E-state index is 10.3. The van der Waals surface area contributed by atoms with Crippen molar-refractivity contribution in [3.05, 3.63) is 35.0 Å². The van der Waals surface area contributed by atoms with Crippen LogP contribution in [0.1, 0.15) is 5.69 Å². The summed E-state index contributed by atoms with van der Waals surface area (Å²) in [6.45, 7) is 4.21. The van der Waals surface area contributed by atoms with Crippen LogP contribution < -0.4 is 10.7 Å². The molecule has 1 aliphatic heterocycles. The van der Waals surface area contributed by atoms with Gasteiger partial charge in [0, 0.05) is 0 Å². The number of aromatic nitrogens is 4. The summed E-state index contributed by atoms with van der Waals surface area (Å²) in [5, 5.41) is 42.4. The van der Waals surface area contributed by atoms with E-state index in [1.54, 1.807) is 16.9 Å². The molecule has 0 N–H and O–H groups in total. The van der Waals surface area contributed by atoms with E-state index in [-0.39, 0.29) is 21.8 Å². The summed E-state index contributed by atoms with van der Waals surface area (Å²) in [6.07, 6.45) is 20.6. The molecule has 3 aromatic heterocycles. The minimum absolute atomic E-state index is 0.189. The second-order valence-corrected chi connectivity index (χ2v) is 14.5. The number of aliphatic imine (C=N–C) groups is 2. The van der Waals surface area contributed by atoms with Crippen LogP contribution in [0.2, 0.25) is 0 Å². The van der Waals surface area contributed by atoms with Gasteiger partial charge in [0.05, 0.1) is 0 Å². The molecular weight excluding hydrogens is 598 g/mol. The SMILES string of the molecule is C#[P+]B(n1c(C2=NCCN=C2)c2c(=C(C#N)C#N)n(B(C#[PH+])[P+](=C)C)c(-c3cnccn3)c2c1=C(C#N)C#N)[P+](=C)C. The van der Waals surface area contributed by atoms with E-state index in [0.29, 0.717) is 54.6 Å².